The molecule has 2 aromatic rings. The molecule has 0 saturated carbocycles. The molecule has 32 heavy (non-hydrogen) atoms. The SMILES string of the molecule is CC(C)C(=O)N1CCN(c2c(Cl)cccc2NC(=O)C(C)(C)Oc2ccc(Br)cc2)CC1. The van der Waals surface area contributed by atoms with Gasteiger partial charge in [-0.25, -0.2) is 0 Å². The third kappa shape index (κ3) is 5.75. The summed E-state index contributed by atoms with van der Waals surface area (Å²) in [5.74, 6) is 0.456. The highest BCUT2D eigenvalue weighted by atomic mass is 79.9. The van der Waals surface area contributed by atoms with E-state index in [9.17, 15) is 9.59 Å². The van der Waals surface area contributed by atoms with Gasteiger partial charge in [0.15, 0.2) is 5.60 Å². The van der Waals surface area contributed by atoms with Crippen LogP contribution in [0.1, 0.15) is 27.7 Å². The summed E-state index contributed by atoms with van der Waals surface area (Å²) in [7, 11) is 0. The molecule has 0 atom stereocenters. The molecule has 0 spiro atoms. The lowest BCUT2D eigenvalue weighted by molar-refractivity contribution is -0.134. The van der Waals surface area contributed by atoms with Crippen molar-refractivity contribution >= 4 is 50.7 Å². The molecule has 6 nitrogen and oxygen atoms in total. The number of anilines is 2. The Hall–Kier alpha value is -2.25. The van der Waals surface area contributed by atoms with Gasteiger partial charge in [-0.05, 0) is 50.2 Å². The van der Waals surface area contributed by atoms with Crippen LogP contribution in [0.15, 0.2) is 46.9 Å². The van der Waals surface area contributed by atoms with Crippen molar-refractivity contribution in [1.29, 1.82) is 0 Å². The van der Waals surface area contributed by atoms with Gasteiger partial charge in [0.05, 0.1) is 16.4 Å². The van der Waals surface area contributed by atoms with E-state index in [0.717, 1.165) is 10.2 Å². The molecule has 0 radical (unpaired) electrons. The second-order valence-corrected chi connectivity index (χ2v) is 9.95. The van der Waals surface area contributed by atoms with E-state index in [-0.39, 0.29) is 17.7 Å². The number of carbonyl (C=O) groups is 2. The number of rotatable bonds is 6. The van der Waals surface area contributed by atoms with Crippen LogP contribution in [0.2, 0.25) is 5.02 Å². The fourth-order valence-electron chi connectivity index (χ4n) is 3.57. The van der Waals surface area contributed by atoms with Crippen LogP contribution in [0.3, 0.4) is 0 Å². The van der Waals surface area contributed by atoms with Crippen LogP contribution in [-0.4, -0.2) is 48.5 Å². The van der Waals surface area contributed by atoms with Gasteiger partial charge in [0.25, 0.3) is 5.91 Å². The first-order valence-electron chi connectivity index (χ1n) is 10.7. The summed E-state index contributed by atoms with van der Waals surface area (Å²) in [6.07, 6.45) is 0. The zero-order valence-corrected chi connectivity index (χ0v) is 21.2. The molecule has 1 aliphatic heterocycles. The first-order chi connectivity index (χ1) is 15.1. The largest absolute Gasteiger partial charge is 0.478 e. The third-order valence-electron chi connectivity index (χ3n) is 5.37. The Morgan fingerprint density at radius 2 is 1.69 bits per heavy atom. The predicted molar refractivity (Wildman–Crippen MR) is 133 cm³/mol. The predicted octanol–water partition coefficient (Wildman–Crippen LogP) is 5.20. The van der Waals surface area contributed by atoms with Crippen LogP contribution >= 0.6 is 27.5 Å². The van der Waals surface area contributed by atoms with Crippen molar-refractivity contribution in [3.63, 3.8) is 0 Å². The Kier molecular flexibility index (Phi) is 7.72. The third-order valence-corrected chi connectivity index (χ3v) is 6.20. The van der Waals surface area contributed by atoms with E-state index in [4.69, 9.17) is 16.3 Å². The summed E-state index contributed by atoms with van der Waals surface area (Å²) in [5, 5.41) is 3.55. The number of hydrogen-bond acceptors (Lipinski definition) is 4. The number of amides is 2. The van der Waals surface area contributed by atoms with Crippen LogP contribution in [0, 0.1) is 5.92 Å². The van der Waals surface area contributed by atoms with Gasteiger partial charge in [0.2, 0.25) is 5.91 Å². The molecule has 1 saturated heterocycles. The van der Waals surface area contributed by atoms with Gasteiger partial charge >= 0.3 is 0 Å². The van der Waals surface area contributed by atoms with Crippen molar-refractivity contribution in [2.75, 3.05) is 36.4 Å². The van der Waals surface area contributed by atoms with Crippen molar-refractivity contribution in [3.8, 4) is 5.75 Å². The summed E-state index contributed by atoms with van der Waals surface area (Å²) >= 11 is 9.94. The fraction of sp³-hybridized carbons (Fsp3) is 0.417. The van der Waals surface area contributed by atoms with Crippen LogP contribution in [0.4, 0.5) is 11.4 Å². The number of para-hydroxylation sites is 1. The number of benzene rings is 2. The summed E-state index contributed by atoms with van der Waals surface area (Å²) in [4.78, 5) is 29.4. The molecule has 172 valence electrons. The van der Waals surface area contributed by atoms with E-state index < -0.39 is 5.60 Å². The zero-order valence-electron chi connectivity index (χ0n) is 18.8. The number of ether oxygens (including phenoxy) is 1. The molecule has 2 aromatic carbocycles. The van der Waals surface area contributed by atoms with Crippen molar-refractivity contribution in [2.24, 2.45) is 5.92 Å². The lowest BCUT2D eigenvalue weighted by atomic mass is 10.1. The Balaban J connectivity index is 1.74. The Labute approximate surface area is 203 Å². The van der Waals surface area contributed by atoms with E-state index in [1.54, 1.807) is 13.8 Å². The maximum Gasteiger partial charge on any atom is 0.268 e. The number of piperazine rings is 1. The minimum Gasteiger partial charge on any atom is -0.478 e. The van der Waals surface area contributed by atoms with E-state index >= 15 is 0 Å². The van der Waals surface area contributed by atoms with Crippen molar-refractivity contribution in [3.05, 3.63) is 52.0 Å². The average Bonchev–Trinajstić information content (AvgIpc) is 2.75. The maximum atomic E-state index is 13.1. The number of carbonyl (C=O) groups excluding carboxylic acids is 2. The number of nitrogens with one attached hydrogen (secondary N) is 1. The van der Waals surface area contributed by atoms with Gasteiger partial charge in [-0.15, -0.1) is 0 Å². The van der Waals surface area contributed by atoms with Crippen LogP contribution in [0.5, 0.6) is 5.75 Å². The van der Waals surface area contributed by atoms with E-state index in [2.05, 4.69) is 26.1 Å². The minimum atomic E-state index is -1.10. The van der Waals surface area contributed by atoms with Gasteiger partial charge < -0.3 is 19.9 Å². The Bertz CT molecular complexity index is 971. The summed E-state index contributed by atoms with van der Waals surface area (Å²) in [6.45, 7) is 9.80. The van der Waals surface area contributed by atoms with Crippen molar-refractivity contribution in [1.82, 2.24) is 4.90 Å². The number of nitrogens with zero attached hydrogens (tertiary/aromatic N) is 2. The van der Waals surface area contributed by atoms with Gasteiger partial charge in [-0.3, -0.25) is 9.59 Å². The Morgan fingerprint density at radius 1 is 1.06 bits per heavy atom. The van der Waals surface area contributed by atoms with Crippen LogP contribution in [0.25, 0.3) is 0 Å². The van der Waals surface area contributed by atoms with Crippen molar-refractivity contribution < 1.29 is 14.3 Å². The highest BCUT2D eigenvalue weighted by molar-refractivity contribution is 9.10. The van der Waals surface area contributed by atoms with E-state index in [1.807, 2.05) is 61.2 Å². The summed E-state index contributed by atoms with van der Waals surface area (Å²) < 4.78 is 6.88. The molecule has 0 unspecified atom stereocenters. The van der Waals surface area contributed by atoms with Crippen LogP contribution < -0.4 is 15.0 Å². The molecule has 1 heterocycles. The number of hydrogen-bond donors (Lipinski definition) is 1. The van der Waals surface area contributed by atoms with E-state index in [1.165, 1.54) is 0 Å². The molecule has 1 N–H and O–H groups in total. The van der Waals surface area contributed by atoms with Gasteiger partial charge in [0.1, 0.15) is 5.75 Å². The van der Waals surface area contributed by atoms with Crippen molar-refractivity contribution in [2.45, 2.75) is 33.3 Å². The highest BCUT2D eigenvalue weighted by Crippen LogP contribution is 2.35. The highest BCUT2D eigenvalue weighted by Gasteiger charge is 2.32. The lowest BCUT2D eigenvalue weighted by Crippen LogP contribution is -2.50. The molecule has 2 amide bonds. The Morgan fingerprint density at radius 3 is 2.28 bits per heavy atom. The topological polar surface area (TPSA) is 61.9 Å². The lowest BCUT2D eigenvalue weighted by Gasteiger charge is -2.38. The van der Waals surface area contributed by atoms with Gasteiger partial charge in [0, 0.05) is 36.6 Å². The summed E-state index contributed by atoms with van der Waals surface area (Å²) in [5.41, 5.74) is 0.285. The average molecular weight is 523 g/mol. The molecule has 0 aromatic heterocycles. The number of halogens is 2. The smallest absolute Gasteiger partial charge is 0.268 e. The standard InChI is InChI=1S/C24H29BrClN3O3/c1-16(2)22(30)29-14-12-28(13-15-29)21-19(26)6-5-7-20(21)27-23(31)24(3,4)32-18-10-8-17(25)9-11-18/h5-11,16H,12-15H2,1-4H3,(H,27,31). The quantitative estimate of drug-likeness (QED) is 0.566. The first kappa shape index (κ1) is 24.4. The molecule has 0 aliphatic carbocycles. The normalized spacial score (nSPS) is 14.5. The second kappa shape index (κ2) is 10.1. The van der Waals surface area contributed by atoms with Gasteiger partial charge in [-0.2, -0.15) is 0 Å². The second-order valence-electron chi connectivity index (χ2n) is 8.62. The minimum absolute atomic E-state index is 0.0235. The monoisotopic (exact) mass is 521 g/mol. The molecular formula is C24H29BrClN3O3. The molecule has 1 aliphatic rings. The van der Waals surface area contributed by atoms with E-state index in [0.29, 0.717) is 42.6 Å². The zero-order chi connectivity index (χ0) is 23.5. The fourth-order valence-corrected chi connectivity index (χ4v) is 4.13. The van der Waals surface area contributed by atoms with Crippen LogP contribution in [-0.2, 0) is 9.59 Å². The molecule has 8 heteroatoms. The summed E-state index contributed by atoms with van der Waals surface area (Å²) in [6, 6.07) is 12.8. The maximum absolute atomic E-state index is 13.1. The molecule has 3 rings (SSSR count). The van der Waals surface area contributed by atoms with Gasteiger partial charge in [-0.1, -0.05) is 47.4 Å². The molecule has 1 fully saturated rings. The molecule has 0 bridgehead atoms. The molecular weight excluding hydrogens is 494 g/mol. The first-order valence-corrected chi connectivity index (χ1v) is 11.8.